The molecule has 0 bridgehead atoms. The largest absolute Gasteiger partial charge is 0.493 e. The van der Waals surface area contributed by atoms with Gasteiger partial charge in [0.25, 0.3) is 0 Å². The summed E-state index contributed by atoms with van der Waals surface area (Å²) in [7, 11) is 9.84. The van der Waals surface area contributed by atoms with Crippen LogP contribution in [0, 0.1) is 0 Å². The molecule has 11 heteroatoms. The molecule has 1 aliphatic rings. The minimum absolute atomic E-state index is 0. The van der Waals surface area contributed by atoms with E-state index in [1.54, 1.807) is 42.7 Å². The Hall–Kier alpha value is -4.31. The molecule has 0 radical (unpaired) electrons. The van der Waals surface area contributed by atoms with Crippen LogP contribution >= 0.6 is 12.4 Å². The first-order valence-electron chi connectivity index (χ1n) is 13.4. The zero-order chi connectivity index (χ0) is 28.9. The molecule has 0 saturated heterocycles. The van der Waals surface area contributed by atoms with Gasteiger partial charge in [0, 0.05) is 31.1 Å². The minimum Gasteiger partial charge on any atom is -0.493 e. The lowest BCUT2D eigenvalue weighted by Crippen LogP contribution is -2.31. The number of hydrogen-bond acceptors (Lipinski definition) is 10. The van der Waals surface area contributed by atoms with E-state index in [0.29, 0.717) is 47.8 Å². The number of halogens is 1. The van der Waals surface area contributed by atoms with E-state index < -0.39 is 0 Å². The van der Waals surface area contributed by atoms with Gasteiger partial charge in [0.15, 0.2) is 34.5 Å². The molecule has 42 heavy (non-hydrogen) atoms. The molecule has 0 fully saturated rings. The fourth-order valence-electron chi connectivity index (χ4n) is 5.18. The van der Waals surface area contributed by atoms with E-state index >= 15 is 0 Å². The van der Waals surface area contributed by atoms with Crippen molar-refractivity contribution < 1.29 is 28.4 Å². The number of ether oxygens (including phenoxy) is 6. The van der Waals surface area contributed by atoms with Crippen molar-refractivity contribution >= 4 is 35.1 Å². The van der Waals surface area contributed by atoms with Crippen LogP contribution in [0.1, 0.15) is 16.7 Å². The van der Waals surface area contributed by atoms with Crippen LogP contribution in [0.5, 0.6) is 34.5 Å². The van der Waals surface area contributed by atoms with Crippen LogP contribution in [0.3, 0.4) is 0 Å². The van der Waals surface area contributed by atoms with Crippen molar-refractivity contribution in [2.75, 3.05) is 66.0 Å². The van der Waals surface area contributed by atoms with Gasteiger partial charge in [0.05, 0.1) is 48.2 Å². The first kappa shape index (κ1) is 30.6. The van der Waals surface area contributed by atoms with Crippen molar-refractivity contribution in [2.24, 2.45) is 0 Å². The molecule has 3 aromatic carbocycles. The minimum atomic E-state index is 0. The summed E-state index contributed by atoms with van der Waals surface area (Å²) in [5.41, 5.74) is 4.29. The molecule has 0 unspecified atom stereocenters. The van der Waals surface area contributed by atoms with Crippen molar-refractivity contribution in [2.45, 2.75) is 19.4 Å². The molecular formula is C31H37ClN4O6. The highest BCUT2D eigenvalue weighted by molar-refractivity contribution is 5.93. The van der Waals surface area contributed by atoms with Crippen molar-refractivity contribution in [1.29, 1.82) is 0 Å². The van der Waals surface area contributed by atoms with Crippen LogP contribution in [-0.2, 0) is 19.4 Å². The number of benzene rings is 3. The summed E-state index contributed by atoms with van der Waals surface area (Å²) in [4.78, 5) is 12.1. The summed E-state index contributed by atoms with van der Waals surface area (Å²) in [6.07, 6.45) is 1.60. The number of anilines is 2. The number of methoxy groups -OCH3 is 6. The van der Waals surface area contributed by atoms with E-state index in [9.17, 15) is 0 Å². The maximum atomic E-state index is 5.61. The van der Waals surface area contributed by atoms with Crippen LogP contribution in [0.25, 0.3) is 10.9 Å². The number of fused-ring (bicyclic) bond motifs is 2. The molecule has 0 saturated carbocycles. The van der Waals surface area contributed by atoms with E-state index in [4.69, 9.17) is 38.4 Å². The van der Waals surface area contributed by atoms with Gasteiger partial charge in [0.2, 0.25) is 5.95 Å². The molecule has 1 aliphatic heterocycles. The molecule has 1 aromatic heterocycles. The summed E-state index contributed by atoms with van der Waals surface area (Å²) in [6.45, 7) is 2.09. The van der Waals surface area contributed by atoms with Gasteiger partial charge in [-0.2, -0.15) is 4.98 Å². The molecule has 5 rings (SSSR count). The van der Waals surface area contributed by atoms with E-state index in [0.717, 1.165) is 47.4 Å². The Labute approximate surface area is 252 Å². The van der Waals surface area contributed by atoms with Gasteiger partial charge in [-0.25, -0.2) is 4.98 Å². The average molecular weight is 597 g/mol. The maximum absolute atomic E-state index is 5.61. The van der Waals surface area contributed by atoms with Crippen LogP contribution in [0.15, 0.2) is 42.5 Å². The highest BCUT2D eigenvalue weighted by Gasteiger charge is 2.24. The zero-order valence-electron chi connectivity index (χ0n) is 24.8. The first-order valence-corrected chi connectivity index (χ1v) is 13.4. The van der Waals surface area contributed by atoms with E-state index in [2.05, 4.69) is 22.3 Å². The van der Waals surface area contributed by atoms with Crippen molar-refractivity contribution in [3.05, 3.63) is 59.2 Å². The van der Waals surface area contributed by atoms with Gasteiger partial charge < -0.3 is 38.6 Å². The second-order valence-corrected chi connectivity index (χ2v) is 9.61. The van der Waals surface area contributed by atoms with E-state index in [1.165, 1.54) is 11.1 Å². The fourth-order valence-corrected chi connectivity index (χ4v) is 5.18. The third kappa shape index (κ3) is 6.13. The quantitative estimate of drug-likeness (QED) is 0.245. The molecular weight excluding hydrogens is 560 g/mol. The number of rotatable bonds is 11. The Balaban J connectivity index is 0.00000405. The first-order chi connectivity index (χ1) is 20.0. The summed E-state index contributed by atoms with van der Waals surface area (Å²) in [5.74, 6) is 5.47. The van der Waals surface area contributed by atoms with Gasteiger partial charge in [-0.15, -0.1) is 12.4 Å². The Morgan fingerprint density at radius 2 is 1.29 bits per heavy atom. The zero-order valence-corrected chi connectivity index (χ0v) is 25.6. The lowest BCUT2D eigenvalue weighted by atomic mass is 9.98. The van der Waals surface area contributed by atoms with Gasteiger partial charge in [-0.1, -0.05) is 6.07 Å². The summed E-state index contributed by atoms with van der Waals surface area (Å²) in [6, 6.07) is 13.9. The van der Waals surface area contributed by atoms with Crippen LogP contribution in [0.2, 0.25) is 0 Å². The third-order valence-electron chi connectivity index (χ3n) is 7.34. The van der Waals surface area contributed by atoms with Gasteiger partial charge in [-0.3, -0.25) is 0 Å². The SMILES string of the molecule is COc1ccc(CCNc2nc(N3CCc4cc(OC)c(OC)cc4C3)c3cc(OC)c(OC)cc3n2)cc1OC.Cl. The lowest BCUT2D eigenvalue weighted by molar-refractivity contribution is 0.353. The van der Waals surface area contributed by atoms with Crippen LogP contribution in [-0.4, -0.2) is 65.7 Å². The smallest absolute Gasteiger partial charge is 0.225 e. The summed E-state index contributed by atoms with van der Waals surface area (Å²) >= 11 is 0. The standard InChI is InChI=1S/C31H36N4O6.ClH/c1-36-24-8-7-19(13-25(24)37-2)9-11-32-31-33-23-17-29(41-6)28(40-5)16-22(23)30(34-31)35-12-10-20-14-26(38-3)27(39-4)15-21(20)18-35;/h7-8,13-17H,9-12,18H2,1-6H3,(H,32,33,34);1H. The Morgan fingerprint density at radius 3 is 1.95 bits per heavy atom. The maximum Gasteiger partial charge on any atom is 0.225 e. The predicted molar refractivity (Wildman–Crippen MR) is 166 cm³/mol. The third-order valence-corrected chi connectivity index (χ3v) is 7.34. The number of hydrogen-bond donors (Lipinski definition) is 1. The van der Waals surface area contributed by atoms with Gasteiger partial charge >= 0.3 is 0 Å². The lowest BCUT2D eigenvalue weighted by Gasteiger charge is -2.31. The number of nitrogens with one attached hydrogen (secondary N) is 1. The fraction of sp³-hybridized carbons (Fsp3) is 0.355. The highest BCUT2D eigenvalue weighted by atomic mass is 35.5. The predicted octanol–water partition coefficient (Wildman–Crippen LogP) is 5.32. The number of aromatic nitrogens is 2. The molecule has 0 aliphatic carbocycles. The van der Waals surface area contributed by atoms with Crippen LogP contribution < -0.4 is 38.6 Å². The average Bonchev–Trinajstić information content (AvgIpc) is 3.02. The van der Waals surface area contributed by atoms with E-state index in [1.807, 2.05) is 30.3 Å². The molecule has 10 nitrogen and oxygen atoms in total. The van der Waals surface area contributed by atoms with Crippen molar-refractivity contribution in [3.63, 3.8) is 0 Å². The molecule has 2 heterocycles. The summed E-state index contributed by atoms with van der Waals surface area (Å²) in [5, 5.41) is 4.31. The molecule has 0 spiro atoms. The Kier molecular flexibility index (Phi) is 9.90. The second kappa shape index (κ2) is 13.6. The molecule has 224 valence electrons. The van der Waals surface area contributed by atoms with Crippen molar-refractivity contribution in [1.82, 2.24) is 9.97 Å². The van der Waals surface area contributed by atoms with E-state index in [-0.39, 0.29) is 12.4 Å². The van der Waals surface area contributed by atoms with Crippen LogP contribution in [0.4, 0.5) is 11.8 Å². The number of nitrogens with zero attached hydrogens (tertiary/aromatic N) is 3. The molecule has 4 aromatic rings. The molecule has 0 amide bonds. The molecule has 0 atom stereocenters. The second-order valence-electron chi connectivity index (χ2n) is 9.61. The topological polar surface area (TPSA) is 96.4 Å². The highest BCUT2D eigenvalue weighted by Crippen LogP contribution is 2.39. The van der Waals surface area contributed by atoms with Gasteiger partial charge in [0.1, 0.15) is 5.82 Å². The summed E-state index contributed by atoms with van der Waals surface area (Å²) < 4.78 is 33.1. The Bertz CT molecular complexity index is 1550. The van der Waals surface area contributed by atoms with Crippen molar-refractivity contribution in [3.8, 4) is 34.5 Å². The monoisotopic (exact) mass is 596 g/mol. The van der Waals surface area contributed by atoms with Gasteiger partial charge in [-0.05, 0) is 59.9 Å². The molecule has 1 N–H and O–H groups in total. The Morgan fingerprint density at radius 1 is 0.690 bits per heavy atom. The normalized spacial score (nSPS) is 12.2.